The molecule has 1 N–H and O–H groups in total. The van der Waals surface area contributed by atoms with Crippen molar-refractivity contribution in [2.75, 3.05) is 12.4 Å². The molecule has 0 aliphatic carbocycles. The molecule has 3 heteroatoms. The number of carbonyl (C=O) groups is 1. The van der Waals surface area contributed by atoms with Crippen LogP contribution in [0, 0.1) is 12.8 Å². The summed E-state index contributed by atoms with van der Waals surface area (Å²) in [7, 11) is 0. The molecule has 0 saturated heterocycles. The molecule has 1 atom stereocenters. The third kappa shape index (κ3) is 5.73. The first kappa shape index (κ1) is 14.0. The number of amides is 1. The quantitative estimate of drug-likeness (QED) is 0.776. The molecule has 17 heavy (non-hydrogen) atoms. The molecule has 1 aromatic rings. The van der Waals surface area contributed by atoms with Crippen molar-refractivity contribution >= 4 is 17.5 Å². The van der Waals surface area contributed by atoms with Crippen LogP contribution >= 0.6 is 11.6 Å². The van der Waals surface area contributed by atoms with Crippen molar-refractivity contribution in [2.45, 2.75) is 26.7 Å². The summed E-state index contributed by atoms with van der Waals surface area (Å²) in [6.07, 6.45) is 1.39. The lowest BCUT2D eigenvalue weighted by molar-refractivity contribution is -0.120. The molecule has 0 radical (unpaired) electrons. The zero-order chi connectivity index (χ0) is 12.7. The Labute approximate surface area is 108 Å². The number of halogens is 1. The molecule has 0 aliphatic rings. The molecule has 1 aromatic carbocycles. The predicted molar refractivity (Wildman–Crippen MR) is 72.4 cm³/mol. The lowest BCUT2D eigenvalue weighted by Gasteiger charge is -2.11. The van der Waals surface area contributed by atoms with Crippen LogP contribution in [-0.2, 0) is 11.2 Å². The summed E-state index contributed by atoms with van der Waals surface area (Å²) in [5.41, 5.74) is 2.27. The van der Waals surface area contributed by atoms with Crippen molar-refractivity contribution in [1.82, 2.24) is 5.32 Å². The van der Waals surface area contributed by atoms with E-state index in [0.717, 1.165) is 12.0 Å². The molecule has 1 rings (SSSR count). The number of carbonyl (C=O) groups excluding carboxylic acids is 1. The monoisotopic (exact) mass is 253 g/mol. The highest BCUT2D eigenvalue weighted by molar-refractivity contribution is 6.17. The van der Waals surface area contributed by atoms with Crippen molar-refractivity contribution in [2.24, 2.45) is 5.92 Å². The van der Waals surface area contributed by atoms with E-state index in [9.17, 15) is 4.79 Å². The van der Waals surface area contributed by atoms with Gasteiger partial charge in [0.15, 0.2) is 0 Å². The maximum atomic E-state index is 11.7. The van der Waals surface area contributed by atoms with Gasteiger partial charge in [-0.25, -0.2) is 0 Å². The molecule has 0 bridgehead atoms. The Hall–Kier alpha value is -1.02. The summed E-state index contributed by atoms with van der Waals surface area (Å²) in [5.74, 6) is 1.17. The van der Waals surface area contributed by atoms with E-state index in [1.165, 1.54) is 5.56 Å². The van der Waals surface area contributed by atoms with Crippen LogP contribution in [0.25, 0.3) is 0 Å². The summed E-state index contributed by atoms with van der Waals surface area (Å²) in [4.78, 5) is 11.7. The molecule has 0 spiro atoms. The van der Waals surface area contributed by atoms with E-state index in [4.69, 9.17) is 11.6 Å². The van der Waals surface area contributed by atoms with E-state index in [1.807, 2.05) is 31.2 Å². The van der Waals surface area contributed by atoms with Crippen LogP contribution in [-0.4, -0.2) is 18.3 Å². The van der Waals surface area contributed by atoms with Crippen LogP contribution in [0.4, 0.5) is 0 Å². The third-order valence-electron chi connectivity index (χ3n) is 2.73. The van der Waals surface area contributed by atoms with E-state index in [0.29, 0.717) is 24.8 Å². The average Bonchev–Trinajstić information content (AvgIpc) is 2.30. The Balaban J connectivity index is 2.32. The summed E-state index contributed by atoms with van der Waals surface area (Å²) in [5, 5.41) is 2.93. The molecule has 2 nitrogen and oxygen atoms in total. The van der Waals surface area contributed by atoms with Gasteiger partial charge in [-0.2, -0.15) is 0 Å². The second-order valence-electron chi connectivity index (χ2n) is 4.55. The van der Waals surface area contributed by atoms with Gasteiger partial charge in [-0.3, -0.25) is 4.79 Å². The van der Waals surface area contributed by atoms with E-state index in [-0.39, 0.29) is 5.91 Å². The number of alkyl halides is 1. The number of benzene rings is 1. The van der Waals surface area contributed by atoms with Gasteiger partial charge in [0.25, 0.3) is 0 Å². The number of hydrogen-bond donors (Lipinski definition) is 1. The molecule has 1 amide bonds. The minimum atomic E-state index is 0.0790. The Morgan fingerprint density at radius 3 is 2.59 bits per heavy atom. The van der Waals surface area contributed by atoms with Crippen molar-refractivity contribution in [3.63, 3.8) is 0 Å². The van der Waals surface area contributed by atoms with Crippen LogP contribution < -0.4 is 5.32 Å². The third-order valence-corrected chi connectivity index (χ3v) is 2.95. The molecular formula is C14H20ClNO. The molecule has 1 unspecified atom stereocenters. The number of nitrogens with one attached hydrogen (secondary N) is 1. The van der Waals surface area contributed by atoms with Crippen LogP contribution in [0.1, 0.15) is 24.5 Å². The topological polar surface area (TPSA) is 29.1 Å². The fourth-order valence-electron chi connectivity index (χ4n) is 1.53. The molecule has 0 saturated carbocycles. The van der Waals surface area contributed by atoms with Gasteiger partial charge in [0, 0.05) is 12.4 Å². The lowest BCUT2D eigenvalue weighted by Crippen LogP contribution is -2.29. The summed E-state index contributed by atoms with van der Waals surface area (Å²) >= 11 is 5.64. The van der Waals surface area contributed by atoms with Crippen molar-refractivity contribution in [3.05, 3.63) is 35.4 Å². The Morgan fingerprint density at radius 2 is 2.00 bits per heavy atom. The van der Waals surface area contributed by atoms with Crippen LogP contribution in [0.3, 0.4) is 0 Å². The van der Waals surface area contributed by atoms with Gasteiger partial charge >= 0.3 is 0 Å². The van der Waals surface area contributed by atoms with Crippen LogP contribution in [0.15, 0.2) is 24.3 Å². The molecule has 0 aliphatic heterocycles. The first-order chi connectivity index (χ1) is 8.11. The molecular weight excluding hydrogens is 234 g/mol. The first-order valence-corrected chi connectivity index (χ1v) is 6.53. The normalized spacial score (nSPS) is 12.2. The maximum absolute atomic E-state index is 11.7. The summed E-state index contributed by atoms with van der Waals surface area (Å²) in [6, 6.07) is 8.05. The van der Waals surface area contributed by atoms with Gasteiger partial charge < -0.3 is 5.32 Å². The zero-order valence-corrected chi connectivity index (χ0v) is 11.3. The SMILES string of the molecule is Cc1ccc(CC(=O)NCC(C)CCCl)cc1. The van der Waals surface area contributed by atoms with E-state index in [1.54, 1.807) is 0 Å². The maximum Gasteiger partial charge on any atom is 0.224 e. The average molecular weight is 254 g/mol. The zero-order valence-electron chi connectivity index (χ0n) is 10.5. The van der Waals surface area contributed by atoms with E-state index < -0.39 is 0 Å². The van der Waals surface area contributed by atoms with Gasteiger partial charge in [-0.15, -0.1) is 11.6 Å². The molecule has 94 valence electrons. The van der Waals surface area contributed by atoms with Gasteiger partial charge in [0.05, 0.1) is 6.42 Å². The second kappa shape index (κ2) is 7.33. The van der Waals surface area contributed by atoms with Crippen LogP contribution in [0.5, 0.6) is 0 Å². The Bertz CT molecular complexity index is 348. The Morgan fingerprint density at radius 1 is 1.35 bits per heavy atom. The van der Waals surface area contributed by atoms with Crippen molar-refractivity contribution in [1.29, 1.82) is 0 Å². The lowest BCUT2D eigenvalue weighted by atomic mass is 10.1. The van der Waals surface area contributed by atoms with Gasteiger partial charge in [0.2, 0.25) is 5.91 Å². The minimum Gasteiger partial charge on any atom is -0.356 e. The van der Waals surface area contributed by atoms with Gasteiger partial charge in [0.1, 0.15) is 0 Å². The number of aryl methyl sites for hydroxylation is 1. The van der Waals surface area contributed by atoms with Crippen LogP contribution in [0.2, 0.25) is 0 Å². The number of hydrogen-bond acceptors (Lipinski definition) is 1. The minimum absolute atomic E-state index is 0.0790. The fourth-order valence-corrected chi connectivity index (χ4v) is 1.90. The highest BCUT2D eigenvalue weighted by Gasteiger charge is 2.06. The fraction of sp³-hybridized carbons (Fsp3) is 0.500. The Kier molecular flexibility index (Phi) is 6.06. The summed E-state index contributed by atoms with van der Waals surface area (Å²) < 4.78 is 0. The first-order valence-electron chi connectivity index (χ1n) is 6.00. The highest BCUT2D eigenvalue weighted by atomic mass is 35.5. The standard InChI is InChI=1S/C14H20ClNO/c1-11-3-5-13(6-4-11)9-14(17)16-10-12(2)7-8-15/h3-6,12H,7-10H2,1-2H3,(H,16,17). The molecule has 0 fully saturated rings. The largest absolute Gasteiger partial charge is 0.356 e. The molecule has 0 heterocycles. The van der Waals surface area contributed by atoms with E-state index >= 15 is 0 Å². The predicted octanol–water partition coefficient (Wildman–Crippen LogP) is 2.92. The van der Waals surface area contributed by atoms with Gasteiger partial charge in [-0.1, -0.05) is 36.8 Å². The number of rotatable bonds is 6. The second-order valence-corrected chi connectivity index (χ2v) is 4.93. The smallest absolute Gasteiger partial charge is 0.224 e. The van der Waals surface area contributed by atoms with Crippen molar-refractivity contribution < 1.29 is 4.79 Å². The molecule has 0 aromatic heterocycles. The highest BCUT2D eigenvalue weighted by Crippen LogP contribution is 2.05. The van der Waals surface area contributed by atoms with Gasteiger partial charge in [-0.05, 0) is 24.8 Å². The summed E-state index contributed by atoms with van der Waals surface area (Å²) in [6.45, 7) is 4.84. The van der Waals surface area contributed by atoms with Crippen molar-refractivity contribution in [3.8, 4) is 0 Å². The van der Waals surface area contributed by atoms with E-state index in [2.05, 4.69) is 12.2 Å².